The van der Waals surface area contributed by atoms with Crippen molar-refractivity contribution in [3.63, 3.8) is 0 Å². The van der Waals surface area contributed by atoms with E-state index in [1.54, 1.807) is 12.1 Å². The quantitative estimate of drug-likeness (QED) is 0.429. The summed E-state index contributed by atoms with van der Waals surface area (Å²) in [6.45, 7) is 1.36. The zero-order chi connectivity index (χ0) is 24.1. The Hall–Kier alpha value is -2.32. The Morgan fingerprint density at radius 3 is 2.47 bits per heavy atom. The Bertz CT molecular complexity index is 1270. The number of fused-ring (bicyclic) bond motifs is 1. The van der Waals surface area contributed by atoms with E-state index in [1.807, 2.05) is 42.5 Å². The molecule has 1 heterocycles. The number of nitrogens with one attached hydrogen (secondary N) is 1. The van der Waals surface area contributed by atoms with Crippen molar-refractivity contribution in [2.75, 3.05) is 26.2 Å². The molecule has 0 spiro atoms. The first-order valence-electron chi connectivity index (χ1n) is 11.1. The zero-order valence-corrected chi connectivity index (χ0v) is 20.9. The number of benzene rings is 3. The van der Waals surface area contributed by atoms with Gasteiger partial charge in [-0.2, -0.15) is 0 Å². The highest BCUT2D eigenvalue weighted by atomic mass is 35.5. The normalized spacial score (nSPS) is 15.4. The number of hydrogen-bond acceptors (Lipinski definition) is 4. The molecule has 1 aliphatic rings. The number of rotatable bonds is 8. The SMILES string of the molecule is O=C(NCCOc1ccc2ccccc2c1)C1CCN(S(=O)(=O)Cc2ccc(Cl)cc2Cl)CC1. The second-order valence-electron chi connectivity index (χ2n) is 8.31. The van der Waals surface area contributed by atoms with Crippen molar-refractivity contribution in [2.24, 2.45) is 5.92 Å². The third-order valence-corrected chi connectivity index (χ3v) is 8.38. The van der Waals surface area contributed by atoms with Gasteiger partial charge in [-0.15, -0.1) is 0 Å². The van der Waals surface area contributed by atoms with Gasteiger partial charge in [-0.1, -0.05) is 59.6 Å². The molecule has 1 aliphatic heterocycles. The Balaban J connectivity index is 1.21. The van der Waals surface area contributed by atoms with Crippen LogP contribution in [-0.4, -0.2) is 44.9 Å². The van der Waals surface area contributed by atoms with Gasteiger partial charge in [0.15, 0.2) is 0 Å². The van der Waals surface area contributed by atoms with Gasteiger partial charge in [-0.05, 0) is 53.4 Å². The lowest BCUT2D eigenvalue weighted by Crippen LogP contribution is -2.44. The average molecular weight is 521 g/mol. The number of nitrogens with zero attached hydrogens (tertiary/aromatic N) is 1. The van der Waals surface area contributed by atoms with Crippen molar-refractivity contribution in [1.29, 1.82) is 0 Å². The summed E-state index contributed by atoms with van der Waals surface area (Å²) in [6.07, 6.45) is 0.954. The lowest BCUT2D eigenvalue weighted by Gasteiger charge is -2.30. The summed E-state index contributed by atoms with van der Waals surface area (Å²) in [5, 5.41) is 5.94. The molecule has 4 rings (SSSR count). The van der Waals surface area contributed by atoms with E-state index in [2.05, 4.69) is 5.32 Å². The van der Waals surface area contributed by atoms with Crippen LogP contribution in [0.3, 0.4) is 0 Å². The average Bonchev–Trinajstić information content (AvgIpc) is 2.83. The molecule has 3 aromatic carbocycles. The third kappa shape index (κ3) is 6.21. The Labute approximate surface area is 209 Å². The summed E-state index contributed by atoms with van der Waals surface area (Å²) in [5.41, 5.74) is 0.511. The van der Waals surface area contributed by atoms with Crippen LogP contribution in [0, 0.1) is 5.92 Å². The van der Waals surface area contributed by atoms with E-state index in [1.165, 1.54) is 10.4 Å². The summed E-state index contributed by atoms with van der Waals surface area (Å²) in [6, 6.07) is 18.7. The van der Waals surface area contributed by atoms with E-state index in [0.717, 1.165) is 16.5 Å². The molecule has 6 nitrogen and oxygen atoms in total. The second kappa shape index (κ2) is 11.0. The van der Waals surface area contributed by atoms with Gasteiger partial charge in [-0.3, -0.25) is 4.79 Å². The van der Waals surface area contributed by atoms with Crippen LogP contribution in [0.15, 0.2) is 60.7 Å². The molecule has 34 heavy (non-hydrogen) atoms. The van der Waals surface area contributed by atoms with Crippen molar-refractivity contribution < 1.29 is 17.9 Å². The number of hydrogen-bond donors (Lipinski definition) is 1. The van der Waals surface area contributed by atoms with Crippen LogP contribution in [0.25, 0.3) is 10.8 Å². The van der Waals surface area contributed by atoms with Crippen LogP contribution >= 0.6 is 23.2 Å². The number of sulfonamides is 1. The summed E-state index contributed by atoms with van der Waals surface area (Å²) in [5.74, 6) is 0.282. The van der Waals surface area contributed by atoms with Gasteiger partial charge in [0, 0.05) is 29.1 Å². The second-order valence-corrected chi connectivity index (χ2v) is 11.1. The first-order valence-corrected chi connectivity index (χ1v) is 13.5. The fourth-order valence-corrected chi connectivity index (χ4v) is 6.22. The standard InChI is InChI=1S/C25H26Cl2N2O4S/c26-22-7-5-21(24(27)16-22)17-34(31,32)29-12-9-19(10-13-29)25(30)28-11-14-33-23-8-6-18-3-1-2-4-20(18)15-23/h1-8,15-16,19H,9-14,17H2,(H,28,30). The molecule has 3 aromatic rings. The van der Waals surface area contributed by atoms with E-state index in [9.17, 15) is 13.2 Å². The Kier molecular flexibility index (Phi) is 7.99. The first-order chi connectivity index (χ1) is 16.3. The maximum absolute atomic E-state index is 12.8. The van der Waals surface area contributed by atoms with E-state index in [4.69, 9.17) is 27.9 Å². The predicted molar refractivity (Wildman–Crippen MR) is 136 cm³/mol. The minimum absolute atomic E-state index is 0.0695. The number of carbonyl (C=O) groups excluding carboxylic acids is 1. The summed E-state index contributed by atoms with van der Waals surface area (Å²) in [7, 11) is -3.53. The van der Waals surface area contributed by atoms with E-state index in [-0.39, 0.29) is 17.6 Å². The number of halogens is 2. The molecule has 0 saturated carbocycles. The Morgan fingerprint density at radius 1 is 1.00 bits per heavy atom. The van der Waals surface area contributed by atoms with Gasteiger partial charge < -0.3 is 10.1 Å². The molecule has 1 fully saturated rings. The first kappa shape index (κ1) is 24.8. The van der Waals surface area contributed by atoms with Crippen molar-refractivity contribution in [3.05, 3.63) is 76.3 Å². The maximum atomic E-state index is 12.8. The van der Waals surface area contributed by atoms with Crippen molar-refractivity contribution in [3.8, 4) is 5.75 Å². The van der Waals surface area contributed by atoms with Crippen LogP contribution in [0.4, 0.5) is 0 Å². The van der Waals surface area contributed by atoms with Gasteiger partial charge >= 0.3 is 0 Å². The molecule has 0 bridgehead atoms. The van der Waals surface area contributed by atoms with Crippen LogP contribution in [-0.2, 0) is 20.6 Å². The minimum atomic E-state index is -3.53. The van der Waals surface area contributed by atoms with Crippen LogP contribution in [0.5, 0.6) is 5.75 Å². The largest absolute Gasteiger partial charge is 0.492 e. The van der Waals surface area contributed by atoms with Crippen LogP contribution in [0.2, 0.25) is 10.0 Å². The number of piperidine rings is 1. The smallest absolute Gasteiger partial charge is 0.223 e. The molecular formula is C25H26Cl2N2O4S. The molecule has 1 amide bonds. The molecule has 0 aliphatic carbocycles. The van der Waals surface area contributed by atoms with Crippen molar-refractivity contribution in [2.45, 2.75) is 18.6 Å². The molecule has 0 atom stereocenters. The molecular weight excluding hydrogens is 495 g/mol. The maximum Gasteiger partial charge on any atom is 0.223 e. The lowest BCUT2D eigenvalue weighted by molar-refractivity contribution is -0.126. The molecule has 1 saturated heterocycles. The highest BCUT2D eigenvalue weighted by Crippen LogP contribution is 2.26. The molecule has 1 N–H and O–H groups in total. The van der Waals surface area contributed by atoms with Gasteiger partial charge in [0.2, 0.25) is 15.9 Å². The van der Waals surface area contributed by atoms with Gasteiger partial charge in [-0.25, -0.2) is 12.7 Å². The lowest BCUT2D eigenvalue weighted by atomic mass is 9.97. The van der Waals surface area contributed by atoms with E-state index >= 15 is 0 Å². The summed E-state index contributed by atoms with van der Waals surface area (Å²) < 4.78 is 32.8. The van der Waals surface area contributed by atoms with Gasteiger partial charge in [0.1, 0.15) is 12.4 Å². The number of carbonyl (C=O) groups is 1. The molecule has 0 radical (unpaired) electrons. The zero-order valence-electron chi connectivity index (χ0n) is 18.5. The predicted octanol–water partition coefficient (Wildman–Crippen LogP) is 4.88. The highest BCUT2D eigenvalue weighted by Gasteiger charge is 2.31. The van der Waals surface area contributed by atoms with Gasteiger partial charge in [0.05, 0.1) is 12.3 Å². The number of amides is 1. The number of ether oxygens (including phenoxy) is 1. The minimum Gasteiger partial charge on any atom is -0.492 e. The molecule has 0 unspecified atom stereocenters. The fourth-order valence-electron chi connectivity index (χ4n) is 4.07. The molecule has 0 aromatic heterocycles. The fraction of sp³-hybridized carbons (Fsp3) is 0.320. The summed E-state index contributed by atoms with van der Waals surface area (Å²) in [4.78, 5) is 12.5. The summed E-state index contributed by atoms with van der Waals surface area (Å²) >= 11 is 12.0. The molecule has 180 valence electrons. The molecule has 9 heteroatoms. The topological polar surface area (TPSA) is 75.7 Å². The van der Waals surface area contributed by atoms with E-state index < -0.39 is 10.0 Å². The highest BCUT2D eigenvalue weighted by molar-refractivity contribution is 7.88. The van der Waals surface area contributed by atoms with Crippen LogP contribution < -0.4 is 10.1 Å². The van der Waals surface area contributed by atoms with E-state index in [0.29, 0.717) is 54.7 Å². The third-order valence-electron chi connectivity index (χ3n) is 5.96. The van der Waals surface area contributed by atoms with Gasteiger partial charge in [0.25, 0.3) is 0 Å². The van der Waals surface area contributed by atoms with Crippen molar-refractivity contribution >= 4 is 49.9 Å². The Morgan fingerprint density at radius 2 is 1.74 bits per heavy atom. The van der Waals surface area contributed by atoms with Crippen LogP contribution in [0.1, 0.15) is 18.4 Å². The van der Waals surface area contributed by atoms with Crippen molar-refractivity contribution in [1.82, 2.24) is 9.62 Å². The monoisotopic (exact) mass is 520 g/mol.